The highest BCUT2D eigenvalue weighted by Gasteiger charge is 2.23. The number of nitrogens with one attached hydrogen (secondary N) is 1. The van der Waals surface area contributed by atoms with Gasteiger partial charge in [0.05, 0.1) is 18.5 Å². The van der Waals surface area contributed by atoms with Gasteiger partial charge in [-0.2, -0.15) is 5.10 Å². The molecular formula is C14H20BrN3O3. The Morgan fingerprint density at radius 2 is 2.33 bits per heavy atom. The Morgan fingerprint density at radius 3 is 3.00 bits per heavy atom. The summed E-state index contributed by atoms with van der Waals surface area (Å²) < 4.78 is 6.85. The minimum Gasteiger partial charge on any atom is -0.466 e. The maximum Gasteiger partial charge on any atom is 0.305 e. The molecule has 21 heavy (non-hydrogen) atoms. The quantitative estimate of drug-likeness (QED) is 0.570. The lowest BCUT2D eigenvalue weighted by molar-refractivity contribution is -0.143. The molecule has 7 heteroatoms. The zero-order valence-electron chi connectivity index (χ0n) is 12.1. The monoisotopic (exact) mass is 357 g/mol. The number of carbonyl (C=O) groups excluding carboxylic acids is 1. The van der Waals surface area contributed by atoms with Crippen molar-refractivity contribution in [1.29, 1.82) is 0 Å². The first-order chi connectivity index (χ1) is 10.1. The Morgan fingerprint density at radius 1 is 1.57 bits per heavy atom. The Hall–Kier alpha value is -1.37. The summed E-state index contributed by atoms with van der Waals surface area (Å²) in [6.07, 6.45) is 5.03. The number of carbonyl (C=O) groups is 1. The summed E-state index contributed by atoms with van der Waals surface area (Å²) in [7, 11) is 0. The van der Waals surface area contributed by atoms with Crippen molar-refractivity contribution in [3.05, 3.63) is 21.0 Å². The first-order valence-electron chi connectivity index (χ1n) is 7.27. The van der Waals surface area contributed by atoms with Crippen LogP contribution < -0.4 is 10.9 Å². The lowest BCUT2D eigenvalue weighted by Gasteiger charge is -2.10. The molecule has 0 atom stereocenters. The average Bonchev–Trinajstić information content (AvgIpc) is 3.26. The summed E-state index contributed by atoms with van der Waals surface area (Å²) in [5.41, 5.74) is 0.549. The second-order valence-electron chi connectivity index (χ2n) is 5.14. The van der Waals surface area contributed by atoms with Gasteiger partial charge in [-0.1, -0.05) is 0 Å². The number of halogens is 1. The van der Waals surface area contributed by atoms with Crippen LogP contribution in [0.3, 0.4) is 0 Å². The number of aromatic nitrogens is 2. The van der Waals surface area contributed by atoms with Gasteiger partial charge in [0.2, 0.25) is 0 Å². The molecule has 1 N–H and O–H groups in total. The van der Waals surface area contributed by atoms with Crippen LogP contribution in [0.2, 0.25) is 0 Å². The molecule has 0 aliphatic heterocycles. The molecule has 0 aromatic carbocycles. The molecule has 1 aromatic rings. The summed E-state index contributed by atoms with van der Waals surface area (Å²) in [5.74, 6) is 0.404. The maximum absolute atomic E-state index is 12.1. The van der Waals surface area contributed by atoms with E-state index in [-0.39, 0.29) is 11.5 Å². The van der Waals surface area contributed by atoms with E-state index < -0.39 is 0 Å². The third-order valence-corrected chi connectivity index (χ3v) is 4.06. The van der Waals surface area contributed by atoms with Gasteiger partial charge in [0.15, 0.2) is 0 Å². The fraction of sp³-hybridized carbons (Fsp3) is 0.643. The number of nitrogens with zero attached hydrogens (tertiary/aromatic N) is 2. The lowest BCUT2D eigenvalue weighted by atomic mass is 10.3. The Kier molecular flexibility index (Phi) is 5.78. The Labute approximate surface area is 132 Å². The van der Waals surface area contributed by atoms with E-state index in [1.54, 1.807) is 13.1 Å². The standard InChI is InChI=1S/C14H20BrN3O3/c1-2-21-12(19)4-3-7-16-11-8-17-18(9-10-5-6-10)14(20)13(11)15/h8,10,16H,2-7,9H2,1H3. The number of rotatable bonds is 8. The first-order valence-corrected chi connectivity index (χ1v) is 8.06. The van der Waals surface area contributed by atoms with Crippen molar-refractivity contribution in [2.24, 2.45) is 5.92 Å². The molecular weight excluding hydrogens is 338 g/mol. The van der Waals surface area contributed by atoms with E-state index in [2.05, 4.69) is 26.3 Å². The molecule has 0 saturated heterocycles. The summed E-state index contributed by atoms with van der Waals surface area (Å²) in [5, 5.41) is 7.30. The molecule has 1 aromatic heterocycles. The van der Waals surface area contributed by atoms with E-state index >= 15 is 0 Å². The van der Waals surface area contributed by atoms with Gasteiger partial charge in [0.25, 0.3) is 5.56 Å². The van der Waals surface area contributed by atoms with Crippen LogP contribution in [0.4, 0.5) is 5.69 Å². The van der Waals surface area contributed by atoms with Gasteiger partial charge in [-0.3, -0.25) is 9.59 Å². The second-order valence-corrected chi connectivity index (χ2v) is 5.93. The van der Waals surface area contributed by atoms with Gasteiger partial charge >= 0.3 is 5.97 Å². The van der Waals surface area contributed by atoms with Crippen LogP contribution in [0.15, 0.2) is 15.5 Å². The number of ether oxygens (including phenoxy) is 1. The molecule has 0 bridgehead atoms. The normalized spacial score (nSPS) is 14.0. The molecule has 0 unspecified atom stereocenters. The Bertz CT molecular complexity index is 555. The number of hydrogen-bond donors (Lipinski definition) is 1. The van der Waals surface area contributed by atoms with E-state index in [1.807, 2.05) is 0 Å². The third kappa shape index (κ3) is 4.84. The number of esters is 1. The zero-order chi connectivity index (χ0) is 15.2. The topological polar surface area (TPSA) is 73.2 Å². The van der Waals surface area contributed by atoms with E-state index in [0.29, 0.717) is 48.6 Å². The maximum atomic E-state index is 12.1. The van der Waals surface area contributed by atoms with Gasteiger partial charge in [0.1, 0.15) is 4.47 Å². The van der Waals surface area contributed by atoms with Crippen molar-refractivity contribution in [2.45, 2.75) is 39.2 Å². The van der Waals surface area contributed by atoms with Crippen LogP contribution in [-0.2, 0) is 16.1 Å². The predicted molar refractivity (Wildman–Crippen MR) is 83.3 cm³/mol. The van der Waals surface area contributed by atoms with Crippen LogP contribution in [-0.4, -0.2) is 28.9 Å². The molecule has 1 heterocycles. The van der Waals surface area contributed by atoms with Gasteiger partial charge in [0, 0.05) is 19.5 Å². The highest BCUT2D eigenvalue weighted by molar-refractivity contribution is 9.10. The van der Waals surface area contributed by atoms with E-state index in [9.17, 15) is 9.59 Å². The highest BCUT2D eigenvalue weighted by Crippen LogP contribution is 2.30. The molecule has 1 aliphatic carbocycles. The van der Waals surface area contributed by atoms with Crippen LogP contribution in [0.5, 0.6) is 0 Å². The minimum absolute atomic E-state index is 0.114. The van der Waals surface area contributed by atoms with E-state index in [0.717, 1.165) is 0 Å². The van der Waals surface area contributed by atoms with Crippen molar-refractivity contribution < 1.29 is 9.53 Å². The van der Waals surface area contributed by atoms with Gasteiger partial charge in [-0.25, -0.2) is 4.68 Å². The fourth-order valence-electron chi connectivity index (χ4n) is 1.95. The van der Waals surface area contributed by atoms with Crippen molar-refractivity contribution in [2.75, 3.05) is 18.5 Å². The summed E-state index contributed by atoms with van der Waals surface area (Å²) in [6, 6.07) is 0. The molecule has 6 nitrogen and oxygen atoms in total. The summed E-state index contributed by atoms with van der Waals surface area (Å²) in [6.45, 7) is 3.47. The lowest BCUT2D eigenvalue weighted by Crippen LogP contribution is -2.25. The smallest absolute Gasteiger partial charge is 0.305 e. The zero-order valence-corrected chi connectivity index (χ0v) is 13.7. The largest absolute Gasteiger partial charge is 0.466 e. The average molecular weight is 358 g/mol. The van der Waals surface area contributed by atoms with E-state index in [1.165, 1.54) is 17.5 Å². The first kappa shape index (κ1) is 16.0. The minimum atomic E-state index is -0.198. The van der Waals surface area contributed by atoms with Crippen molar-refractivity contribution in [3.8, 4) is 0 Å². The van der Waals surface area contributed by atoms with Crippen molar-refractivity contribution in [3.63, 3.8) is 0 Å². The van der Waals surface area contributed by atoms with E-state index in [4.69, 9.17) is 4.74 Å². The molecule has 1 aliphatic rings. The van der Waals surface area contributed by atoms with Crippen molar-refractivity contribution >= 4 is 27.6 Å². The third-order valence-electron chi connectivity index (χ3n) is 3.29. The second kappa shape index (κ2) is 7.59. The highest BCUT2D eigenvalue weighted by atomic mass is 79.9. The summed E-state index contributed by atoms with van der Waals surface area (Å²) in [4.78, 5) is 23.3. The van der Waals surface area contributed by atoms with Crippen LogP contribution >= 0.6 is 15.9 Å². The number of anilines is 1. The molecule has 0 radical (unpaired) electrons. The summed E-state index contributed by atoms with van der Waals surface area (Å²) >= 11 is 3.32. The number of hydrogen-bond acceptors (Lipinski definition) is 5. The predicted octanol–water partition coefficient (Wildman–Crippen LogP) is 2.17. The SMILES string of the molecule is CCOC(=O)CCCNc1cnn(CC2CC2)c(=O)c1Br. The molecule has 0 spiro atoms. The molecule has 1 fully saturated rings. The van der Waals surface area contributed by atoms with Crippen LogP contribution in [0.1, 0.15) is 32.6 Å². The molecule has 116 valence electrons. The molecule has 0 amide bonds. The van der Waals surface area contributed by atoms with Gasteiger partial charge in [-0.05, 0) is 48.0 Å². The molecule has 2 rings (SSSR count). The fourth-order valence-corrected chi connectivity index (χ4v) is 2.40. The van der Waals surface area contributed by atoms with Gasteiger partial charge < -0.3 is 10.1 Å². The van der Waals surface area contributed by atoms with Gasteiger partial charge in [-0.15, -0.1) is 0 Å². The molecule has 1 saturated carbocycles. The van der Waals surface area contributed by atoms with Crippen LogP contribution in [0.25, 0.3) is 0 Å². The van der Waals surface area contributed by atoms with Crippen LogP contribution in [0, 0.1) is 5.92 Å². The Balaban J connectivity index is 1.84. The van der Waals surface area contributed by atoms with Crippen molar-refractivity contribution in [1.82, 2.24) is 9.78 Å².